The minimum absolute atomic E-state index is 0.129. The number of rotatable bonds is 7. The third kappa shape index (κ3) is 4.93. The van der Waals surface area contributed by atoms with Gasteiger partial charge in [0, 0.05) is 25.4 Å². The van der Waals surface area contributed by atoms with Crippen LogP contribution in [0.5, 0.6) is 5.88 Å². The first kappa shape index (κ1) is 12.7. The Hall–Kier alpha value is -1.36. The average molecular weight is 224 g/mol. The van der Waals surface area contributed by atoms with Gasteiger partial charge in [-0.15, -0.1) is 0 Å². The maximum atomic E-state index is 5.48. The zero-order valence-electron chi connectivity index (χ0n) is 10.2. The monoisotopic (exact) mass is 224 g/mol. The average Bonchev–Trinajstić information content (AvgIpc) is 2.24. The van der Waals surface area contributed by atoms with E-state index in [1.165, 1.54) is 0 Å². The van der Waals surface area contributed by atoms with E-state index in [9.17, 15) is 0 Å². The first-order valence-corrected chi connectivity index (χ1v) is 5.66. The summed E-state index contributed by atoms with van der Waals surface area (Å²) in [7, 11) is 0. The Kier molecular flexibility index (Phi) is 5.56. The molecule has 5 heteroatoms. The molecule has 1 aromatic heterocycles. The number of aromatic nitrogens is 2. The van der Waals surface area contributed by atoms with Crippen molar-refractivity contribution in [1.29, 1.82) is 0 Å². The van der Waals surface area contributed by atoms with Crippen LogP contribution in [0, 0.1) is 0 Å². The van der Waals surface area contributed by atoms with E-state index in [1.54, 1.807) is 12.3 Å². The van der Waals surface area contributed by atoms with Crippen molar-refractivity contribution in [2.75, 3.05) is 25.0 Å². The molecule has 1 aromatic rings. The van der Waals surface area contributed by atoms with E-state index in [-0.39, 0.29) is 6.10 Å². The van der Waals surface area contributed by atoms with E-state index in [0.29, 0.717) is 11.8 Å². The summed E-state index contributed by atoms with van der Waals surface area (Å²) in [4.78, 5) is 8.35. The normalized spacial score (nSPS) is 10.5. The van der Waals surface area contributed by atoms with E-state index >= 15 is 0 Å². The highest BCUT2D eigenvalue weighted by Gasteiger charge is 2.01. The molecule has 0 fully saturated rings. The minimum Gasteiger partial charge on any atom is -0.475 e. The van der Waals surface area contributed by atoms with Crippen LogP contribution in [0.3, 0.4) is 0 Å². The van der Waals surface area contributed by atoms with Crippen molar-refractivity contribution >= 4 is 5.95 Å². The Morgan fingerprint density at radius 2 is 2.19 bits per heavy atom. The molecule has 0 amide bonds. The summed E-state index contributed by atoms with van der Waals surface area (Å²) in [5.74, 6) is 1.21. The van der Waals surface area contributed by atoms with Crippen molar-refractivity contribution in [3.05, 3.63) is 12.3 Å². The van der Waals surface area contributed by atoms with Crippen molar-refractivity contribution in [2.45, 2.75) is 26.9 Å². The van der Waals surface area contributed by atoms with Crippen LogP contribution in [0.2, 0.25) is 0 Å². The fourth-order valence-corrected chi connectivity index (χ4v) is 1.17. The largest absolute Gasteiger partial charge is 0.475 e. The number of hydrogen-bond donors (Lipinski definition) is 2. The number of nitrogens with zero attached hydrogens (tertiary/aromatic N) is 2. The van der Waals surface area contributed by atoms with Crippen LogP contribution in [-0.2, 0) is 0 Å². The van der Waals surface area contributed by atoms with Gasteiger partial charge in [0.05, 0.1) is 6.10 Å². The van der Waals surface area contributed by atoms with Crippen LogP contribution in [0.1, 0.15) is 20.8 Å². The van der Waals surface area contributed by atoms with Crippen LogP contribution >= 0.6 is 0 Å². The molecule has 0 aromatic carbocycles. The van der Waals surface area contributed by atoms with Crippen LogP contribution in [-0.4, -0.2) is 35.7 Å². The lowest BCUT2D eigenvalue weighted by molar-refractivity contribution is 0.232. The summed E-state index contributed by atoms with van der Waals surface area (Å²) in [6, 6.07) is 1.76. The lowest BCUT2D eigenvalue weighted by Crippen LogP contribution is -2.22. The second kappa shape index (κ2) is 7.00. The van der Waals surface area contributed by atoms with Gasteiger partial charge in [-0.05, 0) is 20.4 Å². The van der Waals surface area contributed by atoms with Gasteiger partial charge in [0.1, 0.15) is 0 Å². The highest BCUT2D eigenvalue weighted by Crippen LogP contribution is 2.09. The van der Waals surface area contributed by atoms with Gasteiger partial charge in [0.15, 0.2) is 0 Å². The quantitative estimate of drug-likeness (QED) is 0.683. The Labute approximate surface area is 96.6 Å². The molecular weight excluding hydrogens is 204 g/mol. The number of nitrogens with one attached hydrogen (secondary N) is 2. The molecule has 0 aliphatic carbocycles. The van der Waals surface area contributed by atoms with Gasteiger partial charge in [-0.3, -0.25) is 0 Å². The van der Waals surface area contributed by atoms with E-state index in [0.717, 1.165) is 19.6 Å². The van der Waals surface area contributed by atoms with Crippen LogP contribution < -0.4 is 15.4 Å². The number of anilines is 1. The summed E-state index contributed by atoms with van der Waals surface area (Å²) in [6.07, 6.45) is 1.82. The molecule has 0 aliphatic rings. The van der Waals surface area contributed by atoms with Crippen LogP contribution in [0.15, 0.2) is 12.3 Å². The molecule has 0 saturated carbocycles. The van der Waals surface area contributed by atoms with E-state index < -0.39 is 0 Å². The fraction of sp³-hybridized carbons (Fsp3) is 0.636. The third-order valence-corrected chi connectivity index (χ3v) is 1.82. The van der Waals surface area contributed by atoms with Gasteiger partial charge in [-0.1, -0.05) is 6.92 Å². The van der Waals surface area contributed by atoms with Gasteiger partial charge >= 0.3 is 0 Å². The van der Waals surface area contributed by atoms with Crippen molar-refractivity contribution < 1.29 is 4.74 Å². The van der Waals surface area contributed by atoms with Gasteiger partial charge in [-0.25, -0.2) is 4.98 Å². The summed E-state index contributed by atoms with van der Waals surface area (Å²) in [5, 5.41) is 6.34. The topological polar surface area (TPSA) is 59.1 Å². The predicted molar refractivity (Wildman–Crippen MR) is 64.8 cm³/mol. The second-order valence-corrected chi connectivity index (χ2v) is 3.67. The SMILES string of the molecule is CCNCCNc1nccc(OC(C)C)n1. The van der Waals surface area contributed by atoms with E-state index in [2.05, 4.69) is 27.5 Å². The molecule has 0 unspecified atom stereocenters. The fourth-order valence-electron chi connectivity index (χ4n) is 1.17. The van der Waals surface area contributed by atoms with Crippen molar-refractivity contribution in [1.82, 2.24) is 15.3 Å². The molecular formula is C11H20N4O. The van der Waals surface area contributed by atoms with Crippen molar-refractivity contribution in [3.8, 4) is 5.88 Å². The molecule has 0 spiro atoms. The van der Waals surface area contributed by atoms with Crippen molar-refractivity contribution in [3.63, 3.8) is 0 Å². The Morgan fingerprint density at radius 3 is 2.88 bits per heavy atom. The Morgan fingerprint density at radius 1 is 1.38 bits per heavy atom. The summed E-state index contributed by atoms with van der Waals surface area (Å²) >= 11 is 0. The minimum atomic E-state index is 0.129. The molecule has 5 nitrogen and oxygen atoms in total. The first-order chi connectivity index (χ1) is 7.72. The zero-order chi connectivity index (χ0) is 11.8. The summed E-state index contributed by atoms with van der Waals surface area (Å²) < 4.78 is 5.48. The second-order valence-electron chi connectivity index (χ2n) is 3.67. The van der Waals surface area contributed by atoms with Gasteiger partial charge in [0.2, 0.25) is 11.8 Å². The molecule has 0 aliphatic heterocycles. The highest BCUT2D eigenvalue weighted by atomic mass is 16.5. The third-order valence-electron chi connectivity index (χ3n) is 1.82. The Balaban J connectivity index is 2.41. The summed E-state index contributed by atoms with van der Waals surface area (Å²) in [5.41, 5.74) is 0. The van der Waals surface area contributed by atoms with Crippen LogP contribution in [0.25, 0.3) is 0 Å². The molecule has 0 saturated heterocycles. The Bertz CT molecular complexity index is 304. The molecule has 0 atom stereocenters. The van der Waals surface area contributed by atoms with Crippen LogP contribution in [0.4, 0.5) is 5.95 Å². The zero-order valence-corrected chi connectivity index (χ0v) is 10.2. The number of hydrogen-bond acceptors (Lipinski definition) is 5. The van der Waals surface area contributed by atoms with Gasteiger partial charge in [-0.2, -0.15) is 4.98 Å². The molecule has 1 rings (SSSR count). The van der Waals surface area contributed by atoms with Gasteiger partial charge < -0.3 is 15.4 Å². The van der Waals surface area contributed by atoms with Crippen molar-refractivity contribution in [2.24, 2.45) is 0 Å². The molecule has 0 radical (unpaired) electrons. The molecule has 16 heavy (non-hydrogen) atoms. The predicted octanol–water partition coefficient (Wildman–Crippen LogP) is 1.29. The lowest BCUT2D eigenvalue weighted by Gasteiger charge is -2.10. The standard InChI is InChI=1S/C11H20N4O/c1-4-12-7-8-14-11-13-6-5-10(15-11)16-9(2)3/h5-6,9,12H,4,7-8H2,1-3H3,(H,13,14,15). The molecule has 90 valence electrons. The lowest BCUT2D eigenvalue weighted by atomic mass is 10.5. The maximum absolute atomic E-state index is 5.48. The molecule has 1 heterocycles. The maximum Gasteiger partial charge on any atom is 0.225 e. The molecule has 2 N–H and O–H groups in total. The van der Waals surface area contributed by atoms with E-state index in [1.807, 2.05) is 13.8 Å². The first-order valence-electron chi connectivity index (χ1n) is 5.66. The van der Waals surface area contributed by atoms with Gasteiger partial charge in [0.25, 0.3) is 0 Å². The smallest absolute Gasteiger partial charge is 0.225 e. The molecule has 0 bridgehead atoms. The number of likely N-dealkylation sites (N-methyl/N-ethyl adjacent to an activating group) is 1. The summed E-state index contributed by atoms with van der Waals surface area (Å²) in [6.45, 7) is 8.70. The van der Waals surface area contributed by atoms with E-state index in [4.69, 9.17) is 4.74 Å². The highest BCUT2D eigenvalue weighted by molar-refractivity contribution is 5.27. The number of ether oxygens (including phenoxy) is 1.